The molecule has 92 valence electrons. The molecule has 0 fully saturated rings. The highest BCUT2D eigenvalue weighted by molar-refractivity contribution is 7.80. The van der Waals surface area contributed by atoms with Crippen LogP contribution in [0.4, 0.5) is 0 Å². The largest absolute Gasteiger partial charge is 0.332 e. The Hall–Kier alpha value is -1.75. The molecule has 0 aliphatic carbocycles. The normalized spacial score (nSPS) is 14.4. The van der Waals surface area contributed by atoms with Crippen molar-refractivity contribution in [2.24, 2.45) is 0 Å². The summed E-state index contributed by atoms with van der Waals surface area (Å²) in [5.74, 6) is 0.983. The molecule has 0 unspecified atom stereocenters. The Morgan fingerprint density at radius 3 is 3.06 bits per heavy atom. The molecule has 0 saturated heterocycles. The third kappa shape index (κ3) is 2.01. The standard InChI is InChI=1S/C13H13N3OS/c17-13(10-2-1-3-11(18)8-10)16-7-6-15-5-4-14-12(15)9-16/h1-5,8,18H,6-7,9H2. The van der Waals surface area contributed by atoms with Crippen molar-refractivity contribution < 1.29 is 4.79 Å². The van der Waals surface area contributed by atoms with Crippen molar-refractivity contribution in [3.8, 4) is 0 Å². The van der Waals surface area contributed by atoms with E-state index in [4.69, 9.17) is 0 Å². The molecule has 0 saturated carbocycles. The van der Waals surface area contributed by atoms with Crippen LogP contribution in [0.15, 0.2) is 41.6 Å². The first-order valence-electron chi connectivity index (χ1n) is 5.82. The van der Waals surface area contributed by atoms with Gasteiger partial charge in [-0.1, -0.05) is 6.07 Å². The van der Waals surface area contributed by atoms with E-state index in [1.165, 1.54) is 0 Å². The van der Waals surface area contributed by atoms with Crippen molar-refractivity contribution in [3.63, 3.8) is 0 Å². The van der Waals surface area contributed by atoms with Crippen LogP contribution in [0, 0.1) is 0 Å². The number of hydrogen-bond acceptors (Lipinski definition) is 3. The highest BCUT2D eigenvalue weighted by atomic mass is 32.1. The van der Waals surface area contributed by atoms with Gasteiger partial charge in [0.15, 0.2) is 0 Å². The lowest BCUT2D eigenvalue weighted by molar-refractivity contribution is 0.0707. The van der Waals surface area contributed by atoms with E-state index in [0.717, 1.165) is 23.8 Å². The molecule has 1 aromatic heterocycles. The zero-order valence-corrected chi connectivity index (χ0v) is 10.7. The molecule has 0 N–H and O–H groups in total. The molecule has 0 bridgehead atoms. The van der Waals surface area contributed by atoms with Crippen LogP contribution in [0.2, 0.25) is 0 Å². The van der Waals surface area contributed by atoms with Crippen LogP contribution in [0.5, 0.6) is 0 Å². The van der Waals surface area contributed by atoms with Gasteiger partial charge in [0.25, 0.3) is 5.91 Å². The number of thiol groups is 1. The molecule has 1 amide bonds. The summed E-state index contributed by atoms with van der Waals surface area (Å²) in [4.78, 5) is 19.2. The van der Waals surface area contributed by atoms with Crippen LogP contribution in [0.3, 0.4) is 0 Å². The predicted molar refractivity (Wildman–Crippen MR) is 70.7 cm³/mol. The number of fused-ring (bicyclic) bond motifs is 1. The highest BCUT2D eigenvalue weighted by Crippen LogP contribution is 2.16. The average Bonchev–Trinajstić information content (AvgIpc) is 2.85. The van der Waals surface area contributed by atoms with E-state index < -0.39 is 0 Å². The molecule has 2 heterocycles. The minimum Gasteiger partial charge on any atom is -0.332 e. The van der Waals surface area contributed by atoms with Crippen LogP contribution >= 0.6 is 12.6 Å². The van der Waals surface area contributed by atoms with Crippen molar-refractivity contribution in [1.29, 1.82) is 0 Å². The van der Waals surface area contributed by atoms with Gasteiger partial charge in [-0.05, 0) is 18.2 Å². The topological polar surface area (TPSA) is 38.1 Å². The van der Waals surface area contributed by atoms with Gasteiger partial charge < -0.3 is 9.47 Å². The maximum absolute atomic E-state index is 12.3. The fourth-order valence-corrected chi connectivity index (χ4v) is 2.39. The van der Waals surface area contributed by atoms with E-state index in [1.54, 1.807) is 12.3 Å². The first-order valence-corrected chi connectivity index (χ1v) is 6.27. The van der Waals surface area contributed by atoms with E-state index in [1.807, 2.05) is 29.3 Å². The molecule has 5 heteroatoms. The van der Waals surface area contributed by atoms with Crippen molar-refractivity contribution in [3.05, 3.63) is 48.0 Å². The Balaban J connectivity index is 1.83. The predicted octanol–water partition coefficient (Wildman–Crippen LogP) is 1.83. The number of rotatable bonds is 1. The van der Waals surface area contributed by atoms with Crippen molar-refractivity contribution in [2.45, 2.75) is 18.0 Å². The quantitative estimate of drug-likeness (QED) is 0.793. The Labute approximate surface area is 111 Å². The Morgan fingerprint density at radius 2 is 2.22 bits per heavy atom. The minimum absolute atomic E-state index is 0.0418. The molecule has 4 nitrogen and oxygen atoms in total. The summed E-state index contributed by atoms with van der Waals surface area (Å²) in [7, 11) is 0. The number of nitrogens with zero attached hydrogens (tertiary/aromatic N) is 3. The molecule has 18 heavy (non-hydrogen) atoms. The zero-order valence-electron chi connectivity index (χ0n) is 9.78. The van der Waals surface area contributed by atoms with Gasteiger partial charge in [0, 0.05) is 35.9 Å². The smallest absolute Gasteiger partial charge is 0.254 e. The summed E-state index contributed by atoms with van der Waals surface area (Å²) < 4.78 is 2.08. The van der Waals surface area contributed by atoms with E-state index in [9.17, 15) is 4.79 Å². The minimum atomic E-state index is 0.0418. The lowest BCUT2D eigenvalue weighted by Gasteiger charge is -2.27. The van der Waals surface area contributed by atoms with E-state index >= 15 is 0 Å². The maximum atomic E-state index is 12.3. The second kappa shape index (κ2) is 4.49. The number of benzene rings is 1. The second-order valence-corrected chi connectivity index (χ2v) is 4.83. The lowest BCUT2D eigenvalue weighted by Crippen LogP contribution is -2.38. The van der Waals surface area contributed by atoms with Gasteiger partial charge in [0.1, 0.15) is 5.82 Å². The lowest BCUT2D eigenvalue weighted by atomic mass is 10.2. The molecule has 1 aliphatic heterocycles. The van der Waals surface area contributed by atoms with E-state index in [0.29, 0.717) is 12.1 Å². The molecule has 1 aliphatic rings. The van der Waals surface area contributed by atoms with Crippen LogP contribution < -0.4 is 0 Å². The summed E-state index contributed by atoms with van der Waals surface area (Å²) in [5, 5.41) is 0. The summed E-state index contributed by atoms with van der Waals surface area (Å²) in [6.07, 6.45) is 3.73. The maximum Gasteiger partial charge on any atom is 0.254 e. The Bertz CT molecular complexity index is 593. The first-order chi connectivity index (χ1) is 8.74. The molecule has 1 aromatic carbocycles. The summed E-state index contributed by atoms with van der Waals surface area (Å²) in [6.45, 7) is 2.10. The van der Waals surface area contributed by atoms with Crippen LogP contribution in [-0.2, 0) is 13.1 Å². The summed E-state index contributed by atoms with van der Waals surface area (Å²) >= 11 is 4.26. The number of amides is 1. The second-order valence-electron chi connectivity index (χ2n) is 4.31. The summed E-state index contributed by atoms with van der Waals surface area (Å²) in [5.41, 5.74) is 0.683. The van der Waals surface area contributed by atoms with Crippen LogP contribution in [0.1, 0.15) is 16.2 Å². The molecule has 0 atom stereocenters. The van der Waals surface area contributed by atoms with Gasteiger partial charge in [-0.25, -0.2) is 4.98 Å². The van der Waals surface area contributed by atoms with Gasteiger partial charge in [0.05, 0.1) is 6.54 Å². The van der Waals surface area contributed by atoms with Gasteiger partial charge in [0.2, 0.25) is 0 Å². The van der Waals surface area contributed by atoms with Gasteiger partial charge in [-0.15, -0.1) is 12.6 Å². The number of aromatic nitrogens is 2. The Morgan fingerprint density at radius 1 is 1.33 bits per heavy atom. The fourth-order valence-electron chi connectivity index (χ4n) is 2.17. The van der Waals surface area contributed by atoms with Gasteiger partial charge >= 0.3 is 0 Å². The van der Waals surface area contributed by atoms with Crippen molar-refractivity contribution in [1.82, 2.24) is 14.5 Å². The molecule has 0 radical (unpaired) electrons. The fraction of sp³-hybridized carbons (Fsp3) is 0.231. The number of hydrogen-bond donors (Lipinski definition) is 1. The van der Waals surface area contributed by atoms with Crippen LogP contribution in [-0.4, -0.2) is 26.9 Å². The SMILES string of the molecule is O=C(c1cccc(S)c1)N1CCn2ccnc2C1. The summed E-state index contributed by atoms with van der Waals surface area (Å²) in [6, 6.07) is 7.33. The van der Waals surface area contributed by atoms with E-state index in [-0.39, 0.29) is 5.91 Å². The molecule has 0 spiro atoms. The average molecular weight is 259 g/mol. The molecule has 3 rings (SSSR count). The molecular weight excluding hydrogens is 246 g/mol. The van der Waals surface area contributed by atoms with Crippen molar-refractivity contribution in [2.75, 3.05) is 6.54 Å². The Kier molecular flexibility index (Phi) is 2.83. The number of imidazole rings is 1. The monoisotopic (exact) mass is 259 g/mol. The van der Waals surface area contributed by atoms with Gasteiger partial charge in [-0.2, -0.15) is 0 Å². The number of carbonyl (C=O) groups is 1. The first kappa shape index (κ1) is 11.3. The highest BCUT2D eigenvalue weighted by Gasteiger charge is 2.22. The zero-order chi connectivity index (χ0) is 12.5. The van der Waals surface area contributed by atoms with Gasteiger partial charge in [-0.3, -0.25) is 4.79 Å². The van der Waals surface area contributed by atoms with E-state index in [2.05, 4.69) is 22.2 Å². The molecule has 2 aromatic rings. The number of carbonyl (C=O) groups excluding carboxylic acids is 1. The third-order valence-electron chi connectivity index (χ3n) is 3.13. The third-order valence-corrected chi connectivity index (χ3v) is 3.40. The molecular formula is C13H13N3OS. The van der Waals surface area contributed by atoms with Crippen molar-refractivity contribution >= 4 is 18.5 Å². The van der Waals surface area contributed by atoms with Crippen LogP contribution in [0.25, 0.3) is 0 Å².